The van der Waals surface area contributed by atoms with E-state index < -0.39 is 11.9 Å². The van der Waals surface area contributed by atoms with E-state index >= 15 is 0 Å². The number of hydrogen-bond donors (Lipinski definition) is 1. The van der Waals surface area contributed by atoms with Gasteiger partial charge in [0.05, 0.1) is 13.4 Å². The molecule has 0 unspecified atom stereocenters. The molecular formula is C13H10BrNO5. The minimum atomic E-state index is -0.694. The van der Waals surface area contributed by atoms with Crippen molar-refractivity contribution in [3.05, 3.63) is 52.4 Å². The SMILES string of the molecule is COC(=O)/C(=C/c1ccco1)NC(=O)c1ccc(Br)o1. The summed E-state index contributed by atoms with van der Waals surface area (Å²) in [6.07, 6.45) is 2.81. The van der Waals surface area contributed by atoms with Crippen LogP contribution in [0.4, 0.5) is 0 Å². The van der Waals surface area contributed by atoms with E-state index in [-0.39, 0.29) is 11.5 Å². The van der Waals surface area contributed by atoms with Crippen LogP contribution in [0.25, 0.3) is 6.08 Å². The van der Waals surface area contributed by atoms with E-state index in [0.29, 0.717) is 10.4 Å². The second kappa shape index (κ2) is 6.25. The highest BCUT2D eigenvalue weighted by molar-refractivity contribution is 9.10. The van der Waals surface area contributed by atoms with E-state index in [2.05, 4.69) is 26.0 Å². The molecule has 0 aliphatic carbocycles. The fourth-order valence-electron chi connectivity index (χ4n) is 1.39. The van der Waals surface area contributed by atoms with Gasteiger partial charge in [0.2, 0.25) is 0 Å². The minimum Gasteiger partial charge on any atom is -0.465 e. The number of carbonyl (C=O) groups excluding carboxylic acids is 2. The zero-order valence-electron chi connectivity index (χ0n) is 10.4. The van der Waals surface area contributed by atoms with Crippen LogP contribution in [0.15, 0.2) is 49.7 Å². The minimum absolute atomic E-state index is 0.0556. The van der Waals surface area contributed by atoms with E-state index in [4.69, 9.17) is 8.83 Å². The van der Waals surface area contributed by atoms with Gasteiger partial charge in [0.25, 0.3) is 5.91 Å². The Morgan fingerprint density at radius 2 is 2.15 bits per heavy atom. The van der Waals surface area contributed by atoms with E-state index in [0.717, 1.165) is 0 Å². The van der Waals surface area contributed by atoms with Crippen molar-refractivity contribution in [3.63, 3.8) is 0 Å². The van der Waals surface area contributed by atoms with Gasteiger partial charge in [-0.15, -0.1) is 0 Å². The maximum Gasteiger partial charge on any atom is 0.354 e. The van der Waals surface area contributed by atoms with Crippen molar-refractivity contribution in [1.82, 2.24) is 5.32 Å². The Balaban J connectivity index is 2.20. The average molecular weight is 340 g/mol. The van der Waals surface area contributed by atoms with Gasteiger partial charge in [0, 0.05) is 6.08 Å². The summed E-state index contributed by atoms with van der Waals surface area (Å²) >= 11 is 3.09. The van der Waals surface area contributed by atoms with Crippen LogP contribution in [0, 0.1) is 0 Å². The third kappa shape index (κ3) is 3.39. The van der Waals surface area contributed by atoms with E-state index in [1.54, 1.807) is 18.2 Å². The Morgan fingerprint density at radius 3 is 2.70 bits per heavy atom. The molecule has 1 amide bonds. The molecule has 0 aliphatic rings. The molecule has 2 heterocycles. The van der Waals surface area contributed by atoms with Crippen LogP contribution in [0.3, 0.4) is 0 Å². The summed E-state index contributed by atoms with van der Waals surface area (Å²) in [4.78, 5) is 23.5. The number of rotatable bonds is 4. The standard InChI is InChI=1S/C13H10BrNO5/c1-18-13(17)9(7-8-3-2-6-19-8)15-12(16)10-4-5-11(14)20-10/h2-7H,1H3,(H,15,16)/b9-7-. The molecule has 2 aromatic heterocycles. The van der Waals surface area contributed by atoms with Gasteiger partial charge in [-0.25, -0.2) is 4.79 Å². The molecule has 20 heavy (non-hydrogen) atoms. The summed E-state index contributed by atoms with van der Waals surface area (Å²) in [6.45, 7) is 0. The van der Waals surface area contributed by atoms with Crippen molar-refractivity contribution < 1.29 is 23.2 Å². The summed E-state index contributed by atoms with van der Waals surface area (Å²) in [6, 6.07) is 6.34. The van der Waals surface area contributed by atoms with E-state index in [1.807, 2.05) is 0 Å². The first-order valence-electron chi connectivity index (χ1n) is 5.50. The van der Waals surface area contributed by atoms with Crippen LogP contribution in [-0.2, 0) is 9.53 Å². The number of esters is 1. The maximum atomic E-state index is 11.9. The van der Waals surface area contributed by atoms with Crippen LogP contribution in [0.1, 0.15) is 16.3 Å². The largest absolute Gasteiger partial charge is 0.465 e. The van der Waals surface area contributed by atoms with Gasteiger partial charge in [-0.3, -0.25) is 4.79 Å². The smallest absolute Gasteiger partial charge is 0.354 e. The molecule has 7 heteroatoms. The van der Waals surface area contributed by atoms with Crippen molar-refractivity contribution >= 4 is 33.9 Å². The number of amides is 1. The molecule has 0 aliphatic heterocycles. The van der Waals surface area contributed by atoms with Gasteiger partial charge in [-0.2, -0.15) is 0 Å². The average Bonchev–Trinajstić information content (AvgIpc) is 3.08. The molecule has 0 aromatic carbocycles. The lowest BCUT2D eigenvalue weighted by atomic mass is 10.3. The fraction of sp³-hybridized carbons (Fsp3) is 0.0769. The lowest BCUT2D eigenvalue weighted by molar-refractivity contribution is -0.136. The maximum absolute atomic E-state index is 11.9. The van der Waals surface area contributed by atoms with Crippen LogP contribution in [0.2, 0.25) is 0 Å². The normalized spacial score (nSPS) is 11.2. The van der Waals surface area contributed by atoms with Gasteiger partial charge in [-0.05, 0) is 40.2 Å². The van der Waals surface area contributed by atoms with Gasteiger partial charge < -0.3 is 18.9 Å². The number of halogens is 1. The Kier molecular flexibility index (Phi) is 4.41. The lowest BCUT2D eigenvalue weighted by Crippen LogP contribution is -2.27. The van der Waals surface area contributed by atoms with Crippen LogP contribution >= 0.6 is 15.9 Å². The summed E-state index contributed by atoms with van der Waals surface area (Å²) in [5.74, 6) is -0.795. The molecular weight excluding hydrogens is 330 g/mol. The molecule has 0 fully saturated rings. The molecule has 0 saturated carbocycles. The summed E-state index contributed by atoms with van der Waals surface area (Å²) in [5.41, 5.74) is -0.0556. The summed E-state index contributed by atoms with van der Waals surface area (Å²) < 4.78 is 15.2. The number of nitrogens with one attached hydrogen (secondary N) is 1. The zero-order chi connectivity index (χ0) is 14.5. The predicted molar refractivity (Wildman–Crippen MR) is 72.6 cm³/mol. The van der Waals surface area contributed by atoms with Gasteiger partial charge in [0.1, 0.15) is 11.5 Å². The first kappa shape index (κ1) is 14.1. The lowest BCUT2D eigenvalue weighted by Gasteiger charge is -2.05. The first-order chi connectivity index (χ1) is 9.60. The molecule has 2 aromatic rings. The molecule has 0 bridgehead atoms. The molecule has 2 rings (SSSR count). The van der Waals surface area contributed by atoms with Crippen LogP contribution in [0.5, 0.6) is 0 Å². The van der Waals surface area contributed by atoms with Crippen molar-refractivity contribution in [2.24, 2.45) is 0 Å². The number of furan rings is 2. The molecule has 0 radical (unpaired) electrons. The third-order valence-corrected chi connectivity index (χ3v) is 2.71. The molecule has 1 N–H and O–H groups in total. The molecule has 6 nitrogen and oxygen atoms in total. The molecule has 104 valence electrons. The Hall–Kier alpha value is -2.28. The van der Waals surface area contributed by atoms with Crippen molar-refractivity contribution in [1.29, 1.82) is 0 Å². The monoisotopic (exact) mass is 339 g/mol. The van der Waals surface area contributed by atoms with Gasteiger partial charge >= 0.3 is 5.97 Å². The second-order valence-corrected chi connectivity index (χ2v) is 4.40. The molecule has 0 spiro atoms. The fourth-order valence-corrected chi connectivity index (χ4v) is 1.70. The van der Waals surface area contributed by atoms with Crippen molar-refractivity contribution in [2.75, 3.05) is 7.11 Å². The molecule has 0 saturated heterocycles. The van der Waals surface area contributed by atoms with E-state index in [1.165, 1.54) is 25.5 Å². The number of methoxy groups -OCH3 is 1. The number of hydrogen-bond acceptors (Lipinski definition) is 5. The second-order valence-electron chi connectivity index (χ2n) is 3.62. The van der Waals surface area contributed by atoms with Crippen LogP contribution < -0.4 is 5.32 Å². The first-order valence-corrected chi connectivity index (χ1v) is 6.29. The Labute approximate surface area is 122 Å². The third-order valence-electron chi connectivity index (χ3n) is 2.28. The topological polar surface area (TPSA) is 81.7 Å². The zero-order valence-corrected chi connectivity index (χ0v) is 12.0. The Morgan fingerprint density at radius 1 is 1.35 bits per heavy atom. The van der Waals surface area contributed by atoms with Gasteiger partial charge in [-0.1, -0.05) is 0 Å². The summed E-state index contributed by atoms with van der Waals surface area (Å²) in [5, 5.41) is 2.41. The summed E-state index contributed by atoms with van der Waals surface area (Å²) in [7, 11) is 1.22. The number of ether oxygens (including phenoxy) is 1. The quantitative estimate of drug-likeness (QED) is 0.683. The Bertz CT molecular complexity index is 642. The highest BCUT2D eigenvalue weighted by Gasteiger charge is 2.17. The number of carbonyl (C=O) groups is 2. The van der Waals surface area contributed by atoms with E-state index in [9.17, 15) is 9.59 Å². The predicted octanol–water partition coefficient (Wildman–Crippen LogP) is 2.58. The highest BCUT2D eigenvalue weighted by atomic mass is 79.9. The van der Waals surface area contributed by atoms with Gasteiger partial charge in [0.15, 0.2) is 10.4 Å². The van der Waals surface area contributed by atoms with Crippen molar-refractivity contribution in [3.8, 4) is 0 Å². The molecule has 0 atom stereocenters. The highest BCUT2D eigenvalue weighted by Crippen LogP contribution is 2.15. The van der Waals surface area contributed by atoms with Crippen LogP contribution in [-0.4, -0.2) is 19.0 Å². The van der Waals surface area contributed by atoms with Crippen molar-refractivity contribution in [2.45, 2.75) is 0 Å².